The number of halogens is 1. The molecule has 0 spiro atoms. The van der Waals surface area contributed by atoms with Crippen molar-refractivity contribution in [3.05, 3.63) is 16.7 Å². The number of rotatable bonds is 4. The predicted octanol–water partition coefficient (Wildman–Crippen LogP) is 0.440. The molecule has 3 saturated heterocycles. The number of nitrogens with two attached hydrogens (primary N) is 3. The molecule has 6 heterocycles. The molecule has 3 aromatic rings. The number of aromatic amines is 1. The van der Waals surface area contributed by atoms with E-state index in [2.05, 4.69) is 60.2 Å². The lowest BCUT2D eigenvalue weighted by molar-refractivity contribution is -0.0421. The number of thiol groups is 2. The fourth-order valence-corrected chi connectivity index (χ4v) is 9.91. The zero-order valence-electron chi connectivity index (χ0n) is 23.0. The van der Waals surface area contributed by atoms with Crippen molar-refractivity contribution in [1.82, 2.24) is 40.4 Å². The maximum atomic E-state index is 16.9. The highest BCUT2D eigenvalue weighted by Gasteiger charge is 2.59. The largest absolute Gasteiger partial charge is 0.391 e. The van der Waals surface area contributed by atoms with Gasteiger partial charge < -0.3 is 21.9 Å². The van der Waals surface area contributed by atoms with Crippen molar-refractivity contribution in [2.45, 2.75) is 35.4 Å². The van der Waals surface area contributed by atoms with Gasteiger partial charge in [-0.3, -0.25) is 32.9 Å². The maximum absolute atomic E-state index is 16.9. The molecule has 246 valence electrons. The van der Waals surface area contributed by atoms with E-state index in [4.69, 9.17) is 40.0 Å². The molecule has 0 radical (unpaired) electrons. The minimum atomic E-state index is -4.36. The van der Waals surface area contributed by atoms with Crippen LogP contribution in [0.1, 0.15) is 6.42 Å². The van der Waals surface area contributed by atoms with Crippen molar-refractivity contribution in [3.8, 4) is 0 Å². The van der Waals surface area contributed by atoms with Crippen LogP contribution >= 0.6 is 49.9 Å². The summed E-state index contributed by atoms with van der Waals surface area (Å²) in [6.07, 6.45) is -2.05. The van der Waals surface area contributed by atoms with Crippen LogP contribution in [0.3, 0.4) is 0 Å². The molecule has 26 heteroatoms. The number of nitrogens with zero attached hydrogens (tertiary/aromatic N) is 7. The molecule has 8 N–H and O–H groups in total. The van der Waals surface area contributed by atoms with Crippen molar-refractivity contribution in [2.75, 3.05) is 54.8 Å². The Kier molecular flexibility index (Phi) is 8.55. The first-order valence-corrected chi connectivity index (χ1v) is 19.3. The molecule has 6 rings (SSSR count). The molecule has 0 saturated carbocycles. The van der Waals surface area contributed by atoms with Gasteiger partial charge in [-0.1, -0.05) is 29.7 Å². The van der Waals surface area contributed by atoms with E-state index in [-0.39, 0.29) is 53.2 Å². The van der Waals surface area contributed by atoms with Gasteiger partial charge >= 0.3 is 13.6 Å². The average Bonchev–Trinajstić information content (AvgIpc) is 3.66. The van der Waals surface area contributed by atoms with Crippen LogP contribution < -0.4 is 33.2 Å². The average molecular weight is 729 g/mol. The number of anilines is 4. The number of nitrogen functional groups attached to an aromatic ring is 3. The van der Waals surface area contributed by atoms with Gasteiger partial charge in [0.25, 0.3) is 11.4 Å². The molecule has 3 aliphatic rings. The Bertz CT molecular complexity index is 1790. The molecule has 0 aliphatic carbocycles. The van der Waals surface area contributed by atoms with Crippen LogP contribution in [0.2, 0.25) is 0 Å². The summed E-state index contributed by atoms with van der Waals surface area (Å²) in [5.74, 6) is -3.07. The number of ether oxygens (including phenoxy) is 1. The normalized spacial score (nSPS) is 35.8. The maximum Gasteiger partial charge on any atom is 0.388 e. The van der Waals surface area contributed by atoms with Gasteiger partial charge in [-0.05, 0) is 0 Å². The van der Waals surface area contributed by atoms with Gasteiger partial charge in [0, 0.05) is 24.5 Å². The monoisotopic (exact) mass is 728 g/mol. The third kappa shape index (κ3) is 6.02. The van der Waals surface area contributed by atoms with Crippen molar-refractivity contribution < 1.29 is 36.4 Å². The molecule has 2 bridgehead atoms. The number of hydrazine groups is 1. The van der Waals surface area contributed by atoms with Crippen molar-refractivity contribution in [2.24, 2.45) is 0 Å². The number of hydrogen-bond donors (Lipinski definition) is 7. The summed E-state index contributed by atoms with van der Waals surface area (Å²) >= 11 is 9.55. The Balaban J connectivity index is 1.36. The zero-order chi connectivity index (χ0) is 32.4. The third-order valence-electron chi connectivity index (χ3n) is 7.14. The summed E-state index contributed by atoms with van der Waals surface area (Å²) in [7, 11) is 1.48. The quantitative estimate of drug-likeness (QED) is 0.109. The Morgan fingerprint density at radius 2 is 1.98 bits per heavy atom. The summed E-state index contributed by atoms with van der Waals surface area (Å²) in [5, 5.41) is 8.44. The number of hydrogen-bond acceptors (Lipinski definition) is 19. The van der Waals surface area contributed by atoms with E-state index in [9.17, 15) is 13.9 Å². The van der Waals surface area contributed by atoms with Gasteiger partial charge in [0.1, 0.15) is 24.7 Å². The summed E-state index contributed by atoms with van der Waals surface area (Å²) < 4.78 is 73.6. The van der Waals surface area contributed by atoms with Gasteiger partial charge in [0.2, 0.25) is 5.95 Å². The first kappa shape index (κ1) is 32.7. The van der Waals surface area contributed by atoms with Crippen LogP contribution in [0.5, 0.6) is 0 Å². The number of nitrogens with one attached hydrogen (secondary N) is 2. The molecular formula is C19H27FN12O8P2S3. The smallest absolute Gasteiger partial charge is 0.388 e. The fraction of sp³-hybridized carbons (Fsp3) is 0.579. The van der Waals surface area contributed by atoms with Crippen molar-refractivity contribution >= 4 is 84.3 Å². The van der Waals surface area contributed by atoms with Crippen molar-refractivity contribution in [3.63, 3.8) is 0 Å². The predicted molar refractivity (Wildman–Crippen MR) is 166 cm³/mol. The van der Waals surface area contributed by atoms with E-state index in [1.807, 2.05) is 0 Å². The van der Waals surface area contributed by atoms with Crippen LogP contribution in [0.25, 0.3) is 11.2 Å². The second-order valence-electron chi connectivity index (χ2n) is 10.1. The molecule has 7 atom stereocenters. The standard InChI is InChI=1S/C19H27FN12O8P2S3/c1-24-31(14-10(21)16(33)28-17(23)27-14)18-2-8(45-6-18)3-37-41(34,43)39-12-9(4-38-42(35,44)40-18)36-5-19(12,20)32-15-11(29-30-32)13(22)25-7-26-15/h7-9,12,24H,2-6,21H2,1H3,(H,34,43)(H,35,44)(H2,22,25,26)(H3,23,27,28,33)/t8-,9+,12+,18+,19+,41?,42?/m0/s1. The van der Waals surface area contributed by atoms with Gasteiger partial charge in [0.15, 0.2) is 34.6 Å². The van der Waals surface area contributed by atoms with Crippen LogP contribution in [0, 0.1) is 0 Å². The molecule has 3 aliphatic heterocycles. The summed E-state index contributed by atoms with van der Waals surface area (Å²) in [6, 6.07) is 0. The van der Waals surface area contributed by atoms with E-state index >= 15 is 4.39 Å². The Hall–Kier alpha value is -2.24. The van der Waals surface area contributed by atoms with Crippen LogP contribution in [-0.4, -0.2) is 90.7 Å². The highest BCUT2D eigenvalue weighted by Crippen LogP contribution is 2.62. The van der Waals surface area contributed by atoms with E-state index in [1.54, 1.807) is 0 Å². The number of aromatic nitrogens is 7. The Morgan fingerprint density at radius 3 is 2.73 bits per heavy atom. The summed E-state index contributed by atoms with van der Waals surface area (Å²) in [5.41, 5.74) is 17.7. The van der Waals surface area contributed by atoms with Gasteiger partial charge in [0.05, 0.1) is 13.2 Å². The highest BCUT2D eigenvalue weighted by molar-refractivity contribution is 8.44. The third-order valence-corrected chi connectivity index (χ3v) is 11.8. The topological polar surface area (TPSA) is 276 Å². The molecule has 0 aromatic carbocycles. The molecular weight excluding hydrogens is 701 g/mol. The molecule has 0 amide bonds. The second-order valence-corrected chi connectivity index (χ2v) is 17.1. The van der Waals surface area contributed by atoms with Gasteiger partial charge in [-0.25, -0.2) is 28.9 Å². The highest BCUT2D eigenvalue weighted by atomic mass is 32.7. The first-order valence-electron chi connectivity index (χ1n) is 12.9. The van der Waals surface area contributed by atoms with Crippen LogP contribution in [0.4, 0.5) is 27.7 Å². The fourth-order valence-electron chi connectivity index (χ4n) is 5.17. The Morgan fingerprint density at radius 1 is 1.22 bits per heavy atom. The first-order chi connectivity index (χ1) is 21.2. The minimum Gasteiger partial charge on any atom is -0.391 e. The van der Waals surface area contributed by atoms with Gasteiger partial charge in [-0.2, -0.15) is 21.4 Å². The summed E-state index contributed by atoms with van der Waals surface area (Å²) in [6.45, 7) is -10.3. The van der Waals surface area contributed by atoms with E-state index in [1.165, 1.54) is 23.8 Å². The zero-order valence-corrected chi connectivity index (χ0v) is 27.4. The summed E-state index contributed by atoms with van der Waals surface area (Å²) in [4.78, 5) is 26.7. The number of fused-ring (bicyclic) bond motifs is 4. The molecule has 45 heavy (non-hydrogen) atoms. The number of thioether (sulfide) groups is 1. The lowest BCUT2D eigenvalue weighted by Crippen LogP contribution is -2.57. The van der Waals surface area contributed by atoms with E-state index in [0.717, 1.165) is 11.0 Å². The van der Waals surface area contributed by atoms with Crippen LogP contribution in [-0.2, 0) is 37.8 Å². The van der Waals surface area contributed by atoms with E-state index < -0.39 is 61.3 Å². The molecule has 2 unspecified atom stereocenters. The second kappa shape index (κ2) is 11.8. The van der Waals surface area contributed by atoms with Crippen LogP contribution in [0.15, 0.2) is 11.1 Å². The van der Waals surface area contributed by atoms with Gasteiger partial charge in [-0.15, -0.1) is 5.10 Å². The SMILES string of the molecule is CNN(c1nc(N)[nH]c(=O)c1N)[C@@]12CS[C@H](COP(=O)(S)O[C@@H]3[C@@H](COP(=O)(S)O1)OC[C@@]3(F)n1nnc3c(N)ncnc31)C2. The number of H-pyrrole nitrogens is 1. The molecule has 3 fully saturated rings. The molecule has 20 nitrogen and oxygen atoms in total. The van der Waals surface area contributed by atoms with E-state index in [0.29, 0.717) is 0 Å². The van der Waals surface area contributed by atoms with Crippen molar-refractivity contribution in [1.29, 1.82) is 0 Å². The minimum absolute atomic E-state index is 0.00200. The Labute approximate surface area is 267 Å². The lowest BCUT2D eigenvalue weighted by Gasteiger charge is -2.41. The lowest BCUT2D eigenvalue weighted by atomic mass is 10.1. The molecule has 3 aromatic heterocycles. The number of alkyl halides is 1.